The number of hydrogen-bond donors (Lipinski definition) is 1. The SMILES string of the molecule is CCCCOc1ccc(/C=C2\SC(=O)N(Cc3ccc(C(=O)Nc4cccc(C(F)(F)F)c4)cc3)C2=O)cc1OC. The lowest BCUT2D eigenvalue weighted by Gasteiger charge is -2.13. The summed E-state index contributed by atoms with van der Waals surface area (Å²) in [5.74, 6) is 0.0696. The second-order valence-electron chi connectivity index (χ2n) is 9.11. The molecule has 3 aromatic carbocycles. The van der Waals surface area contributed by atoms with E-state index in [4.69, 9.17) is 9.47 Å². The van der Waals surface area contributed by atoms with Gasteiger partial charge in [-0.2, -0.15) is 13.2 Å². The molecule has 3 amide bonds. The second-order valence-corrected chi connectivity index (χ2v) is 10.1. The molecule has 1 heterocycles. The van der Waals surface area contributed by atoms with Gasteiger partial charge in [-0.05, 0) is 77.9 Å². The Morgan fingerprint density at radius 1 is 1.02 bits per heavy atom. The summed E-state index contributed by atoms with van der Waals surface area (Å²) in [6.07, 6.45) is -1.00. The number of thioether (sulfide) groups is 1. The number of amides is 3. The number of alkyl halides is 3. The van der Waals surface area contributed by atoms with Crippen LogP contribution < -0.4 is 14.8 Å². The van der Waals surface area contributed by atoms with Crippen molar-refractivity contribution in [2.24, 2.45) is 0 Å². The summed E-state index contributed by atoms with van der Waals surface area (Å²) in [4.78, 5) is 39.5. The first-order valence-corrected chi connectivity index (χ1v) is 13.5. The van der Waals surface area contributed by atoms with Gasteiger partial charge < -0.3 is 14.8 Å². The molecule has 214 valence electrons. The summed E-state index contributed by atoms with van der Waals surface area (Å²) in [7, 11) is 1.53. The molecule has 0 radical (unpaired) electrons. The number of unbranched alkanes of at least 4 members (excludes halogenated alkanes) is 1. The van der Waals surface area contributed by atoms with Gasteiger partial charge in [0.25, 0.3) is 17.1 Å². The van der Waals surface area contributed by atoms with E-state index in [9.17, 15) is 27.6 Å². The molecule has 0 aliphatic carbocycles. The lowest BCUT2D eigenvalue weighted by molar-refractivity contribution is -0.137. The standard InChI is InChI=1S/C30H27F3N2O5S/c1-3-4-14-40-24-13-10-20(15-25(24)39-2)16-26-28(37)35(29(38)41-26)18-19-8-11-21(12-9-19)27(36)34-23-7-5-6-22(17-23)30(31,32)33/h5-13,15-17H,3-4,14,18H2,1-2H3,(H,34,36)/b26-16-. The lowest BCUT2D eigenvalue weighted by Crippen LogP contribution is -2.27. The fourth-order valence-corrected chi connectivity index (χ4v) is 4.77. The number of hydrogen-bond acceptors (Lipinski definition) is 6. The van der Waals surface area contributed by atoms with Crippen molar-refractivity contribution in [2.75, 3.05) is 19.0 Å². The maximum absolute atomic E-state index is 13.0. The van der Waals surface area contributed by atoms with E-state index in [0.717, 1.165) is 41.6 Å². The quantitative estimate of drug-likeness (QED) is 0.198. The average molecular weight is 585 g/mol. The van der Waals surface area contributed by atoms with E-state index in [-0.39, 0.29) is 22.7 Å². The zero-order chi connectivity index (χ0) is 29.6. The molecule has 41 heavy (non-hydrogen) atoms. The van der Waals surface area contributed by atoms with Gasteiger partial charge in [0.1, 0.15) is 0 Å². The van der Waals surface area contributed by atoms with Gasteiger partial charge >= 0.3 is 6.18 Å². The Morgan fingerprint density at radius 2 is 1.78 bits per heavy atom. The number of carbonyl (C=O) groups is 3. The molecule has 0 aromatic heterocycles. The minimum absolute atomic E-state index is 0.00887. The van der Waals surface area contributed by atoms with Gasteiger partial charge in [-0.1, -0.05) is 37.6 Å². The van der Waals surface area contributed by atoms with Crippen LogP contribution in [0.2, 0.25) is 0 Å². The van der Waals surface area contributed by atoms with Crippen LogP contribution in [-0.4, -0.2) is 35.7 Å². The maximum atomic E-state index is 13.0. The van der Waals surface area contributed by atoms with Crippen LogP contribution in [0, 0.1) is 0 Å². The summed E-state index contributed by atoms with van der Waals surface area (Å²) in [5.41, 5.74) is 0.612. The van der Waals surface area contributed by atoms with Crippen LogP contribution in [0.3, 0.4) is 0 Å². The molecule has 4 rings (SSSR count). The first kappa shape index (κ1) is 29.7. The first-order valence-electron chi connectivity index (χ1n) is 12.7. The van der Waals surface area contributed by atoms with Crippen LogP contribution in [0.1, 0.15) is 46.8 Å². The summed E-state index contributed by atoms with van der Waals surface area (Å²) in [5, 5.41) is 2.01. The Labute approximate surface area is 239 Å². The number of methoxy groups -OCH3 is 1. The average Bonchev–Trinajstić information content (AvgIpc) is 3.21. The number of benzene rings is 3. The number of halogens is 3. The van der Waals surface area contributed by atoms with Crippen molar-refractivity contribution in [3.05, 3.63) is 93.9 Å². The van der Waals surface area contributed by atoms with Crippen LogP contribution in [0.25, 0.3) is 6.08 Å². The fourth-order valence-electron chi connectivity index (χ4n) is 3.93. The summed E-state index contributed by atoms with van der Waals surface area (Å²) < 4.78 is 50.0. The zero-order valence-corrected chi connectivity index (χ0v) is 23.1. The van der Waals surface area contributed by atoms with Crippen molar-refractivity contribution in [1.82, 2.24) is 4.90 Å². The molecular formula is C30H27F3N2O5S. The normalized spacial score (nSPS) is 14.5. The molecule has 0 saturated carbocycles. The number of nitrogens with zero attached hydrogens (tertiary/aromatic N) is 1. The third kappa shape index (κ3) is 7.49. The summed E-state index contributed by atoms with van der Waals surface area (Å²) >= 11 is 0.825. The lowest BCUT2D eigenvalue weighted by atomic mass is 10.1. The van der Waals surface area contributed by atoms with Gasteiger partial charge in [-0.3, -0.25) is 19.3 Å². The Balaban J connectivity index is 1.41. The molecule has 3 aromatic rings. The highest BCUT2D eigenvalue weighted by Gasteiger charge is 2.35. The predicted molar refractivity (Wildman–Crippen MR) is 151 cm³/mol. The van der Waals surface area contributed by atoms with E-state index in [0.29, 0.717) is 29.2 Å². The second kappa shape index (κ2) is 12.9. The van der Waals surface area contributed by atoms with Crippen molar-refractivity contribution in [1.29, 1.82) is 0 Å². The highest BCUT2D eigenvalue weighted by atomic mass is 32.2. The molecule has 1 N–H and O–H groups in total. The Hall–Kier alpha value is -4.25. The van der Waals surface area contributed by atoms with Gasteiger partial charge in [-0.15, -0.1) is 0 Å². The fraction of sp³-hybridized carbons (Fsp3) is 0.233. The molecular weight excluding hydrogens is 557 g/mol. The van der Waals surface area contributed by atoms with Gasteiger partial charge in [-0.25, -0.2) is 0 Å². The monoisotopic (exact) mass is 584 g/mol. The molecule has 1 aliphatic heterocycles. The molecule has 1 aliphatic rings. The van der Waals surface area contributed by atoms with Crippen molar-refractivity contribution in [3.8, 4) is 11.5 Å². The topological polar surface area (TPSA) is 84.9 Å². The van der Waals surface area contributed by atoms with Crippen molar-refractivity contribution in [3.63, 3.8) is 0 Å². The zero-order valence-electron chi connectivity index (χ0n) is 22.3. The molecule has 0 bridgehead atoms. The smallest absolute Gasteiger partial charge is 0.416 e. The largest absolute Gasteiger partial charge is 0.493 e. The molecule has 1 fully saturated rings. The number of nitrogens with one attached hydrogen (secondary N) is 1. The van der Waals surface area contributed by atoms with Crippen LogP contribution in [-0.2, 0) is 17.5 Å². The van der Waals surface area contributed by atoms with Crippen LogP contribution in [0.15, 0.2) is 71.6 Å². The van der Waals surface area contributed by atoms with Crippen LogP contribution >= 0.6 is 11.8 Å². The number of rotatable bonds is 10. The predicted octanol–water partition coefficient (Wildman–Crippen LogP) is 7.38. The highest BCUT2D eigenvalue weighted by Crippen LogP contribution is 2.35. The van der Waals surface area contributed by atoms with Crippen molar-refractivity contribution in [2.45, 2.75) is 32.5 Å². The molecule has 7 nitrogen and oxygen atoms in total. The van der Waals surface area contributed by atoms with E-state index in [2.05, 4.69) is 12.2 Å². The van der Waals surface area contributed by atoms with E-state index in [1.54, 1.807) is 36.4 Å². The molecule has 0 spiro atoms. The number of ether oxygens (including phenoxy) is 2. The number of imide groups is 1. The summed E-state index contributed by atoms with van der Waals surface area (Å²) in [6.45, 7) is 2.62. The molecule has 1 saturated heterocycles. The highest BCUT2D eigenvalue weighted by molar-refractivity contribution is 8.18. The maximum Gasteiger partial charge on any atom is 0.416 e. The minimum Gasteiger partial charge on any atom is -0.493 e. The first-order chi connectivity index (χ1) is 19.6. The molecule has 11 heteroatoms. The minimum atomic E-state index is -4.53. The number of carbonyl (C=O) groups excluding carboxylic acids is 3. The third-order valence-electron chi connectivity index (χ3n) is 6.12. The van der Waals surface area contributed by atoms with Gasteiger partial charge in [0, 0.05) is 11.3 Å². The number of anilines is 1. The van der Waals surface area contributed by atoms with Gasteiger partial charge in [0.15, 0.2) is 11.5 Å². The van der Waals surface area contributed by atoms with E-state index in [1.807, 2.05) is 0 Å². The molecule has 0 unspecified atom stereocenters. The van der Waals surface area contributed by atoms with Gasteiger partial charge in [0.2, 0.25) is 0 Å². The third-order valence-corrected chi connectivity index (χ3v) is 7.03. The summed E-state index contributed by atoms with van der Waals surface area (Å²) in [6, 6.07) is 15.7. The van der Waals surface area contributed by atoms with E-state index < -0.39 is 28.8 Å². The van der Waals surface area contributed by atoms with Crippen molar-refractivity contribution < 1.29 is 37.0 Å². The van der Waals surface area contributed by atoms with Crippen LogP contribution in [0.4, 0.5) is 23.7 Å². The Bertz CT molecular complexity index is 1470. The molecule has 0 atom stereocenters. The van der Waals surface area contributed by atoms with Crippen LogP contribution in [0.5, 0.6) is 11.5 Å². The Morgan fingerprint density at radius 3 is 2.46 bits per heavy atom. The van der Waals surface area contributed by atoms with Gasteiger partial charge in [0.05, 0.1) is 30.7 Å². The van der Waals surface area contributed by atoms with E-state index in [1.165, 1.54) is 31.4 Å². The van der Waals surface area contributed by atoms with E-state index >= 15 is 0 Å². The van der Waals surface area contributed by atoms with Crippen molar-refractivity contribution >= 4 is 40.6 Å². The Kier molecular flexibility index (Phi) is 9.38.